The fraction of sp³-hybridized carbons (Fsp3) is 0. The van der Waals surface area contributed by atoms with E-state index in [1.807, 2.05) is 0 Å². The highest BCUT2D eigenvalue weighted by molar-refractivity contribution is 5.78. The highest BCUT2D eigenvalue weighted by Crippen LogP contribution is 2.23. The summed E-state index contributed by atoms with van der Waals surface area (Å²) in [6, 6.07) is 10.4. The summed E-state index contributed by atoms with van der Waals surface area (Å²) >= 11 is 0. The number of phenols is 2. The van der Waals surface area contributed by atoms with Crippen LogP contribution in [0.4, 0.5) is 0 Å². The van der Waals surface area contributed by atoms with Gasteiger partial charge >= 0.3 is 0 Å². The smallest absolute Gasteiger partial charge is 0.284 e. The normalized spacial score (nSPS) is 10.7. The van der Waals surface area contributed by atoms with E-state index in [4.69, 9.17) is 4.42 Å². The van der Waals surface area contributed by atoms with Crippen molar-refractivity contribution >= 4 is 11.0 Å². The van der Waals surface area contributed by atoms with E-state index in [1.165, 1.54) is 30.3 Å². The molecule has 0 saturated carbocycles. The molecule has 0 unspecified atom stereocenters. The van der Waals surface area contributed by atoms with Crippen molar-refractivity contribution in [1.82, 2.24) is 4.98 Å². The highest BCUT2D eigenvalue weighted by atomic mass is 16.3. The molecule has 5 nitrogen and oxygen atoms in total. The molecule has 0 atom stereocenters. The Balaban J connectivity index is 2.24. The molecule has 1 aromatic heterocycles. The van der Waals surface area contributed by atoms with E-state index >= 15 is 0 Å². The van der Waals surface area contributed by atoms with Crippen molar-refractivity contribution in [3.8, 4) is 23.0 Å². The van der Waals surface area contributed by atoms with Crippen molar-refractivity contribution in [1.29, 1.82) is 0 Å². The third-order valence-corrected chi connectivity index (χ3v) is 2.72. The molecule has 5 heteroatoms. The molecule has 1 heterocycles. The maximum Gasteiger partial charge on any atom is 0.284 e. The Morgan fingerprint density at radius 3 is 2.37 bits per heavy atom. The minimum atomic E-state index is -0.472. The van der Waals surface area contributed by atoms with Crippen LogP contribution in [-0.4, -0.2) is 15.2 Å². The molecule has 0 aliphatic heterocycles. The average Bonchev–Trinajstić information content (AvgIpc) is 2.40. The Morgan fingerprint density at radius 2 is 1.63 bits per heavy atom. The summed E-state index contributed by atoms with van der Waals surface area (Å²) in [7, 11) is 0. The molecule has 0 fully saturated rings. The Hall–Kier alpha value is -2.82. The molecular formula is C14H9NO4. The van der Waals surface area contributed by atoms with Gasteiger partial charge in [-0.3, -0.25) is 4.79 Å². The van der Waals surface area contributed by atoms with Crippen molar-refractivity contribution in [2.24, 2.45) is 0 Å². The van der Waals surface area contributed by atoms with Gasteiger partial charge in [0, 0.05) is 5.56 Å². The number of fused-ring (bicyclic) bond motifs is 1. The minimum Gasteiger partial charge on any atom is -0.508 e. The van der Waals surface area contributed by atoms with Crippen LogP contribution in [0.3, 0.4) is 0 Å². The monoisotopic (exact) mass is 255 g/mol. The van der Waals surface area contributed by atoms with Gasteiger partial charge in [0.2, 0.25) is 5.89 Å². The fourth-order valence-corrected chi connectivity index (χ4v) is 1.78. The number of aromatic hydroxyl groups is 2. The summed E-state index contributed by atoms with van der Waals surface area (Å²) in [4.78, 5) is 15.7. The number of nitrogens with zero attached hydrogens (tertiary/aromatic N) is 1. The second kappa shape index (κ2) is 4.13. The number of rotatable bonds is 1. The molecule has 2 N–H and O–H groups in total. The summed E-state index contributed by atoms with van der Waals surface area (Å²) in [6.07, 6.45) is 0. The zero-order valence-electron chi connectivity index (χ0n) is 9.70. The Morgan fingerprint density at radius 1 is 0.947 bits per heavy atom. The van der Waals surface area contributed by atoms with E-state index in [9.17, 15) is 15.0 Å². The van der Waals surface area contributed by atoms with Gasteiger partial charge in [-0.1, -0.05) is 0 Å². The second-order valence-electron chi connectivity index (χ2n) is 4.05. The largest absolute Gasteiger partial charge is 0.508 e. The molecule has 19 heavy (non-hydrogen) atoms. The Kier molecular flexibility index (Phi) is 2.45. The molecule has 0 aliphatic carbocycles. The van der Waals surface area contributed by atoms with Gasteiger partial charge in [-0.25, -0.2) is 0 Å². The lowest BCUT2D eigenvalue weighted by atomic mass is 10.2. The van der Waals surface area contributed by atoms with Crippen molar-refractivity contribution in [2.45, 2.75) is 0 Å². The maximum atomic E-state index is 11.9. The first kappa shape index (κ1) is 11.3. The van der Waals surface area contributed by atoms with Gasteiger partial charge in [0.15, 0.2) is 0 Å². The van der Waals surface area contributed by atoms with E-state index in [-0.39, 0.29) is 22.8 Å². The van der Waals surface area contributed by atoms with Crippen LogP contribution in [0.1, 0.15) is 0 Å². The number of hydrogen-bond acceptors (Lipinski definition) is 5. The Labute approximate surface area is 107 Å². The number of phenolic OH excluding ortho intramolecular Hbond substituents is 2. The second-order valence-corrected chi connectivity index (χ2v) is 4.05. The van der Waals surface area contributed by atoms with Crippen molar-refractivity contribution in [3.63, 3.8) is 0 Å². The third-order valence-electron chi connectivity index (χ3n) is 2.72. The molecule has 0 radical (unpaired) electrons. The number of benzene rings is 2. The van der Waals surface area contributed by atoms with E-state index in [0.717, 1.165) is 0 Å². The molecule has 0 bridgehead atoms. The zero-order chi connectivity index (χ0) is 13.4. The van der Waals surface area contributed by atoms with Crippen LogP contribution in [0.5, 0.6) is 11.5 Å². The quantitative estimate of drug-likeness (QED) is 0.696. The van der Waals surface area contributed by atoms with Gasteiger partial charge in [0.25, 0.3) is 5.56 Å². The first-order valence-corrected chi connectivity index (χ1v) is 5.57. The maximum absolute atomic E-state index is 11.9. The molecule has 0 spiro atoms. The van der Waals surface area contributed by atoms with Crippen LogP contribution < -0.4 is 5.56 Å². The van der Waals surface area contributed by atoms with E-state index in [1.54, 1.807) is 12.1 Å². The first-order chi connectivity index (χ1) is 9.13. The van der Waals surface area contributed by atoms with E-state index in [2.05, 4.69) is 4.98 Å². The van der Waals surface area contributed by atoms with E-state index in [0.29, 0.717) is 11.1 Å². The summed E-state index contributed by atoms with van der Waals surface area (Å²) in [5.41, 5.74) is 0.464. The summed E-state index contributed by atoms with van der Waals surface area (Å²) in [6.45, 7) is 0. The molecule has 3 rings (SSSR count). The highest BCUT2D eigenvalue weighted by Gasteiger charge is 2.09. The van der Waals surface area contributed by atoms with Gasteiger partial charge in [-0.15, -0.1) is 0 Å². The van der Waals surface area contributed by atoms with Crippen LogP contribution in [0, 0.1) is 0 Å². The SMILES string of the molecule is O=c1nc(-c2ccc(O)cc2)oc2ccc(O)cc12. The lowest BCUT2D eigenvalue weighted by Crippen LogP contribution is -2.06. The zero-order valence-corrected chi connectivity index (χ0v) is 9.70. The molecule has 0 amide bonds. The van der Waals surface area contributed by atoms with Crippen LogP contribution in [0.25, 0.3) is 22.4 Å². The molecule has 0 saturated heterocycles. The molecule has 2 aromatic carbocycles. The predicted octanol–water partition coefficient (Wildman–Crippen LogP) is 2.27. The summed E-state index contributed by atoms with van der Waals surface area (Å²) < 4.78 is 5.52. The van der Waals surface area contributed by atoms with Crippen molar-refractivity contribution < 1.29 is 14.6 Å². The lowest BCUT2D eigenvalue weighted by molar-refractivity contribution is 0.474. The first-order valence-electron chi connectivity index (χ1n) is 5.57. The van der Waals surface area contributed by atoms with Gasteiger partial charge in [-0.05, 0) is 42.5 Å². The van der Waals surface area contributed by atoms with Crippen LogP contribution in [-0.2, 0) is 0 Å². The van der Waals surface area contributed by atoms with Gasteiger partial charge in [-0.2, -0.15) is 4.98 Å². The number of hydrogen-bond donors (Lipinski definition) is 2. The van der Waals surface area contributed by atoms with Crippen LogP contribution in [0.2, 0.25) is 0 Å². The minimum absolute atomic E-state index is 0.0148. The predicted molar refractivity (Wildman–Crippen MR) is 69.0 cm³/mol. The molecule has 94 valence electrons. The topological polar surface area (TPSA) is 83.6 Å². The van der Waals surface area contributed by atoms with Gasteiger partial charge in [0.1, 0.15) is 17.1 Å². The number of aromatic nitrogens is 1. The van der Waals surface area contributed by atoms with Crippen molar-refractivity contribution in [2.75, 3.05) is 0 Å². The summed E-state index contributed by atoms with van der Waals surface area (Å²) in [5, 5.41) is 18.8. The van der Waals surface area contributed by atoms with Crippen LogP contribution in [0.15, 0.2) is 51.7 Å². The van der Waals surface area contributed by atoms with Crippen LogP contribution >= 0.6 is 0 Å². The third kappa shape index (κ3) is 2.01. The van der Waals surface area contributed by atoms with E-state index < -0.39 is 5.56 Å². The van der Waals surface area contributed by atoms with Gasteiger partial charge < -0.3 is 14.6 Å². The standard InChI is InChI=1S/C14H9NO4/c16-9-3-1-8(2-4-9)14-15-13(18)11-7-10(17)5-6-12(11)19-14/h1-7,16-17H. The molecule has 0 aliphatic rings. The molecule has 3 aromatic rings. The van der Waals surface area contributed by atoms with Crippen molar-refractivity contribution in [3.05, 3.63) is 52.8 Å². The Bertz CT molecular complexity index is 806. The summed E-state index contributed by atoms with van der Waals surface area (Å²) in [5.74, 6) is 0.277. The fourth-order valence-electron chi connectivity index (χ4n) is 1.78. The average molecular weight is 255 g/mol. The molecular weight excluding hydrogens is 246 g/mol. The lowest BCUT2D eigenvalue weighted by Gasteiger charge is -2.02. The van der Waals surface area contributed by atoms with Gasteiger partial charge in [0.05, 0.1) is 5.39 Å².